The number of halogens is 1. The van der Waals surface area contributed by atoms with Gasteiger partial charge in [0.05, 0.1) is 10.7 Å². The summed E-state index contributed by atoms with van der Waals surface area (Å²) in [6.45, 7) is 3.46. The minimum Gasteiger partial charge on any atom is -0.342 e. The van der Waals surface area contributed by atoms with Crippen LogP contribution in [0.4, 0.5) is 0 Å². The molecule has 1 aliphatic heterocycles. The summed E-state index contributed by atoms with van der Waals surface area (Å²) in [4.78, 5) is 11.3. The fraction of sp³-hybridized carbons (Fsp3) is 0.400. The number of nitrogens with one attached hydrogen (secondary N) is 1. The first-order valence-electron chi connectivity index (χ1n) is 10.9. The van der Waals surface area contributed by atoms with Crippen LogP contribution in [0.5, 0.6) is 0 Å². The van der Waals surface area contributed by atoms with E-state index in [1.54, 1.807) is 11.1 Å². The number of aromatic amines is 1. The average Bonchev–Trinajstić information content (AvgIpc) is 3.17. The molecule has 150 valence electrons. The SMILES string of the molecule is CCCC1c2ccccc2CCN1C1CCc2nc(-c3ccccc3Cl)[nH]c2C1. The van der Waals surface area contributed by atoms with Crippen LogP contribution in [-0.2, 0) is 19.3 Å². The summed E-state index contributed by atoms with van der Waals surface area (Å²) >= 11 is 6.41. The molecule has 2 heterocycles. The topological polar surface area (TPSA) is 31.9 Å². The van der Waals surface area contributed by atoms with Gasteiger partial charge in [-0.25, -0.2) is 4.98 Å². The highest BCUT2D eigenvalue weighted by molar-refractivity contribution is 6.33. The second-order valence-corrected chi connectivity index (χ2v) is 8.79. The molecule has 0 fully saturated rings. The van der Waals surface area contributed by atoms with Crippen molar-refractivity contribution in [3.8, 4) is 11.4 Å². The number of fused-ring (bicyclic) bond motifs is 2. The zero-order chi connectivity index (χ0) is 19.8. The van der Waals surface area contributed by atoms with Gasteiger partial charge in [-0.2, -0.15) is 0 Å². The maximum absolute atomic E-state index is 6.41. The molecule has 4 heteroatoms. The van der Waals surface area contributed by atoms with Gasteiger partial charge in [0.2, 0.25) is 0 Å². The summed E-state index contributed by atoms with van der Waals surface area (Å²) in [7, 11) is 0. The Bertz CT molecular complexity index is 1010. The summed E-state index contributed by atoms with van der Waals surface area (Å²) in [5.41, 5.74) is 6.61. The van der Waals surface area contributed by atoms with Crippen molar-refractivity contribution in [1.29, 1.82) is 0 Å². The zero-order valence-corrected chi connectivity index (χ0v) is 17.8. The van der Waals surface area contributed by atoms with E-state index in [4.69, 9.17) is 16.6 Å². The van der Waals surface area contributed by atoms with E-state index in [9.17, 15) is 0 Å². The lowest BCUT2D eigenvalue weighted by Crippen LogP contribution is -2.45. The minimum absolute atomic E-state index is 0.544. The van der Waals surface area contributed by atoms with Gasteiger partial charge in [-0.15, -0.1) is 0 Å². The number of aromatic nitrogens is 2. The summed E-state index contributed by atoms with van der Waals surface area (Å²) in [5, 5.41) is 0.755. The first-order chi connectivity index (χ1) is 14.2. The smallest absolute Gasteiger partial charge is 0.139 e. The largest absolute Gasteiger partial charge is 0.342 e. The van der Waals surface area contributed by atoms with Crippen molar-refractivity contribution >= 4 is 11.6 Å². The van der Waals surface area contributed by atoms with Gasteiger partial charge in [0.15, 0.2) is 0 Å². The normalized spacial score (nSPS) is 21.6. The average molecular weight is 406 g/mol. The van der Waals surface area contributed by atoms with Crippen molar-refractivity contribution < 1.29 is 0 Å². The Hall–Kier alpha value is -2.10. The van der Waals surface area contributed by atoms with Crippen molar-refractivity contribution in [3.63, 3.8) is 0 Å². The fourth-order valence-corrected chi connectivity index (χ4v) is 5.45. The zero-order valence-electron chi connectivity index (χ0n) is 17.0. The first-order valence-corrected chi connectivity index (χ1v) is 11.3. The predicted molar refractivity (Wildman–Crippen MR) is 119 cm³/mol. The highest BCUT2D eigenvalue weighted by Crippen LogP contribution is 2.38. The summed E-state index contributed by atoms with van der Waals surface area (Å²) in [5.74, 6) is 0.912. The molecular formula is C25H28ClN3. The molecule has 1 N–H and O–H groups in total. The van der Waals surface area contributed by atoms with Crippen LogP contribution in [0, 0.1) is 0 Å². The number of nitrogens with zero attached hydrogens (tertiary/aromatic N) is 2. The molecule has 5 rings (SSSR count). The Morgan fingerprint density at radius 2 is 1.93 bits per heavy atom. The van der Waals surface area contributed by atoms with Crippen molar-refractivity contribution in [1.82, 2.24) is 14.9 Å². The molecule has 1 aromatic heterocycles. The van der Waals surface area contributed by atoms with E-state index in [1.807, 2.05) is 24.3 Å². The molecule has 3 aromatic rings. The van der Waals surface area contributed by atoms with Gasteiger partial charge in [0, 0.05) is 36.3 Å². The molecule has 3 nitrogen and oxygen atoms in total. The molecule has 0 spiro atoms. The summed E-state index contributed by atoms with van der Waals surface area (Å²) in [6.07, 6.45) is 6.88. The molecule has 0 saturated heterocycles. The van der Waals surface area contributed by atoms with E-state index in [1.165, 1.54) is 30.7 Å². The van der Waals surface area contributed by atoms with Gasteiger partial charge in [-0.1, -0.05) is 61.3 Å². The van der Waals surface area contributed by atoms with Gasteiger partial charge in [-0.05, 0) is 48.9 Å². The lowest BCUT2D eigenvalue weighted by molar-refractivity contribution is 0.104. The lowest BCUT2D eigenvalue weighted by Gasteiger charge is -2.43. The van der Waals surface area contributed by atoms with E-state index in [0.29, 0.717) is 12.1 Å². The van der Waals surface area contributed by atoms with Crippen LogP contribution in [0.2, 0.25) is 5.02 Å². The third-order valence-electron chi connectivity index (χ3n) is 6.63. The molecule has 0 bridgehead atoms. The first kappa shape index (κ1) is 18.9. The van der Waals surface area contributed by atoms with E-state index in [-0.39, 0.29) is 0 Å². The second-order valence-electron chi connectivity index (χ2n) is 8.38. The van der Waals surface area contributed by atoms with Gasteiger partial charge < -0.3 is 4.98 Å². The molecule has 0 saturated carbocycles. The van der Waals surface area contributed by atoms with Crippen LogP contribution in [0.15, 0.2) is 48.5 Å². The standard InChI is InChI=1S/C25H28ClN3/c1-2-7-24-19-9-4-3-8-17(19)14-15-29(24)18-12-13-22-23(16-18)28-25(27-22)20-10-5-6-11-21(20)26/h3-6,8-11,18,24H,2,7,12-16H2,1H3,(H,27,28). The van der Waals surface area contributed by atoms with Gasteiger partial charge >= 0.3 is 0 Å². The van der Waals surface area contributed by atoms with Crippen LogP contribution >= 0.6 is 11.6 Å². The number of benzene rings is 2. The number of rotatable bonds is 4. The molecular weight excluding hydrogens is 378 g/mol. The number of imidazole rings is 1. The van der Waals surface area contributed by atoms with Crippen molar-refractivity contribution in [2.45, 2.75) is 57.5 Å². The van der Waals surface area contributed by atoms with Crippen LogP contribution < -0.4 is 0 Å². The van der Waals surface area contributed by atoms with Gasteiger partial charge in [-0.3, -0.25) is 4.90 Å². The van der Waals surface area contributed by atoms with Crippen molar-refractivity contribution in [3.05, 3.63) is 76.1 Å². The van der Waals surface area contributed by atoms with Crippen LogP contribution in [0.25, 0.3) is 11.4 Å². The van der Waals surface area contributed by atoms with Crippen LogP contribution in [0.3, 0.4) is 0 Å². The molecule has 2 atom stereocenters. The summed E-state index contributed by atoms with van der Waals surface area (Å²) in [6, 6.07) is 18.1. The highest BCUT2D eigenvalue weighted by atomic mass is 35.5. The third kappa shape index (κ3) is 3.51. The Labute approximate surface area is 178 Å². The van der Waals surface area contributed by atoms with E-state index >= 15 is 0 Å². The van der Waals surface area contributed by atoms with Crippen LogP contribution in [-0.4, -0.2) is 27.5 Å². The van der Waals surface area contributed by atoms with Gasteiger partial charge in [0.25, 0.3) is 0 Å². The minimum atomic E-state index is 0.544. The number of hydrogen-bond donors (Lipinski definition) is 1. The molecule has 0 amide bonds. The quantitative estimate of drug-likeness (QED) is 0.578. The molecule has 2 aromatic carbocycles. The van der Waals surface area contributed by atoms with E-state index < -0.39 is 0 Å². The monoisotopic (exact) mass is 405 g/mol. The third-order valence-corrected chi connectivity index (χ3v) is 6.96. The maximum atomic E-state index is 6.41. The number of hydrogen-bond acceptors (Lipinski definition) is 2. The molecule has 2 unspecified atom stereocenters. The predicted octanol–water partition coefficient (Wildman–Crippen LogP) is 5.99. The van der Waals surface area contributed by atoms with Crippen molar-refractivity contribution in [2.24, 2.45) is 0 Å². The molecule has 0 radical (unpaired) electrons. The Kier molecular flexibility index (Phi) is 5.19. The summed E-state index contributed by atoms with van der Waals surface area (Å²) < 4.78 is 0. The molecule has 2 aliphatic rings. The lowest BCUT2D eigenvalue weighted by atomic mass is 9.86. The molecule has 29 heavy (non-hydrogen) atoms. The highest BCUT2D eigenvalue weighted by Gasteiger charge is 2.34. The Balaban J connectivity index is 1.41. The van der Waals surface area contributed by atoms with Gasteiger partial charge in [0.1, 0.15) is 5.82 Å². The fourth-order valence-electron chi connectivity index (χ4n) is 5.23. The van der Waals surface area contributed by atoms with Crippen molar-refractivity contribution in [2.75, 3.05) is 6.54 Å². The van der Waals surface area contributed by atoms with E-state index in [0.717, 1.165) is 42.2 Å². The maximum Gasteiger partial charge on any atom is 0.139 e. The van der Waals surface area contributed by atoms with E-state index in [2.05, 4.69) is 41.1 Å². The van der Waals surface area contributed by atoms with Crippen LogP contribution in [0.1, 0.15) is 54.7 Å². The Morgan fingerprint density at radius 3 is 2.79 bits per heavy atom. The number of aryl methyl sites for hydroxylation is 1. The second kappa shape index (κ2) is 7.97. The molecule has 1 aliphatic carbocycles. The Morgan fingerprint density at radius 1 is 1.10 bits per heavy atom. The number of H-pyrrole nitrogens is 1.